The molecule has 0 saturated heterocycles. The fourth-order valence-electron chi connectivity index (χ4n) is 1.22. The van der Waals surface area contributed by atoms with Gasteiger partial charge in [0, 0.05) is 6.08 Å². The molecule has 0 aliphatic carbocycles. The standard InChI is InChI=1S/C11H19O2/c1-2-3-4-5-6-7-8-9-10-11(12)13/h9-10H,2-8H2,1H3/b10-9+. The van der Waals surface area contributed by atoms with E-state index in [1.165, 1.54) is 32.1 Å². The molecule has 0 fully saturated rings. The van der Waals surface area contributed by atoms with Gasteiger partial charge in [-0.1, -0.05) is 45.1 Å². The first-order chi connectivity index (χ1) is 6.27. The molecule has 2 nitrogen and oxygen atoms in total. The third-order valence-electron chi connectivity index (χ3n) is 1.98. The molecule has 0 unspecified atom stereocenters. The van der Waals surface area contributed by atoms with Gasteiger partial charge in [0.15, 0.2) is 0 Å². The number of hydrogen-bond donors (Lipinski definition) is 0. The molecule has 0 heterocycles. The van der Waals surface area contributed by atoms with Gasteiger partial charge in [-0.25, -0.2) is 9.90 Å². The highest BCUT2D eigenvalue weighted by Crippen LogP contribution is 2.06. The molecule has 2 heteroatoms. The second-order valence-electron chi connectivity index (χ2n) is 3.28. The number of carbonyl (C=O) groups is 1. The largest absolute Gasteiger partial charge is 0.378 e. The minimum absolute atomic E-state index is 0.861. The van der Waals surface area contributed by atoms with E-state index in [0.29, 0.717) is 0 Å². The summed E-state index contributed by atoms with van der Waals surface area (Å²) in [6, 6.07) is 0. The van der Waals surface area contributed by atoms with Gasteiger partial charge in [-0.2, -0.15) is 0 Å². The summed E-state index contributed by atoms with van der Waals surface area (Å²) in [5, 5.41) is 9.98. The maximum atomic E-state index is 9.98. The molecule has 0 aliphatic rings. The van der Waals surface area contributed by atoms with Crippen molar-refractivity contribution in [2.24, 2.45) is 0 Å². The van der Waals surface area contributed by atoms with Gasteiger partial charge >= 0.3 is 5.97 Å². The molecule has 0 bridgehead atoms. The molecule has 0 atom stereocenters. The number of carbonyl (C=O) groups excluding carboxylic acids is 1. The predicted molar refractivity (Wildman–Crippen MR) is 52.8 cm³/mol. The molecular formula is C11H19O2. The molecular weight excluding hydrogens is 164 g/mol. The molecule has 0 N–H and O–H groups in total. The number of unbranched alkanes of at least 4 members (excludes halogenated alkanes) is 6. The Hall–Kier alpha value is -0.790. The fraction of sp³-hybridized carbons (Fsp3) is 0.727. The van der Waals surface area contributed by atoms with Crippen LogP contribution in [0.25, 0.3) is 0 Å². The number of hydrogen-bond acceptors (Lipinski definition) is 1. The summed E-state index contributed by atoms with van der Waals surface area (Å²) in [5.41, 5.74) is 0. The quantitative estimate of drug-likeness (QED) is 0.420. The Morgan fingerprint density at radius 2 is 1.69 bits per heavy atom. The van der Waals surface area contributed by atoms with Crippen molar-refractivity contribution >= 4 is 5.97 Å². The van der Waals surface area contributed by atoms with E-state index < -0.39 is 5.97 Å². The lowest BCUT2D eigenvalue weighted by molar-refractivity contribution is -0.137. The van der Waals surface area contributed by atoms with E-state index in [-0.39, 0.29) is 0 Å². The van der Waals surface area contributed by atoms with Crippen LogP contribution in [0.4, 0.5) is 0 Å². The summed E-state index contributed by atoms with van der Waals surface area (Å²) in [5.74, 6) is -1.09. The van der Waals surface area contributed by atoms with E-state index in [0.717, 1.165) is 18.9 Å². The van der Waals surface area contributed by atoms with Gasteiger partial charge in [0.1, 0.15) is 0 Å². The van der Waals surface area contributed by atoms with E-state index in [1.54, 1.807) is 6.08 Å². The first-order valence-electron chi connectivity index (χ1n) is 5.15. The van der Waals surface area contributed by atoms with Crippen molar-refractivity contribution in [3.63, 3.8) is 0 Å². The molecule has 0 spiro atoms. The first-order valence-corrected chi connectivity index (χ1v) is 5.15. The zero-order chi connectivity index (χ0) is 9.94. The Morgan fingerprint density at radius 3 is 2.31 bits per heavy atom. The summed E-state index contributed by atoms with van der Waals surface area (Å²) >= 11 is 0. The van der Waals surface area contributed by atoms with E-state index >= 15 is 0 Å². The van der Waals surface area contributed by atoms with Gasteiger partial charge < -0.3 is 0 Å². The van der Waals surface area contributed by atoms with Crippen LogP contribution < -0.4 is 0 Å². The van der Waals surface area contributed by atoms with E-state index in [2.05, 4.69) is 6.92 Å². The zero-order valence-electron chi connectivity index (χ0n) is 8.42. The van der Waals surface area contributed by atoms with E-state index in [4.69, 9.17) is 0 Å². The summed E-state index contributed by atoms with van der Waals surface area (Å²) in [7, 11) is 0. The third kappa shape index (κ3) is 11.2. The van der Waals surface area contributed by atoms with Crippen molar-refractivity contribution in [1.29, 1.82) is 0 Å². The average molecular weight is 183 g/mol. The van der Waals surface area contributed by atoms with Crippen LogP contribution in [0, 0.1) is 0 Å². The maximum absolute atomic E-state index is 9.98. The summed E-state index contributed by atoms with van der Waals surface area (Å²) in [6.07, 6.45) is 11.1. The Balaban J connectivity index is 3.03. The average Bonchev–Trinajstić information content (AvgIpc) is 2.09. The van der Waals surface area contributed by atoms with Crippen LogP contribution in [0.1, 0.15) is 51.9 Å². The molecule has 0 aromatic rings. The van der Waals surface area contributed by atoms with Gasteiger partial charge in [-0.15, -0.1) is 0 Å². The molecule has 0 rings (SSSR count). The third-order valence-corrected chi connectivity index (χ3v) is 1.98. The molecule has 0 amide bonds. The van der Waals surface area contributed by atoms with Crippen molar-refractivity contribution in [1.82, 2.24) is 0 Å². The molecule has 0 aromatic carbocycles. The highest BCUT2D eigenvalue weighted by molar-refractivity contribution is 5.79. The highest BCUT2D eigenvalue weighted by atomic mass is 16.4. The van der Waals surface area contributed by atoms with Gasteiger partial charge in [0.05, 0.1) is 0 Å². The smallest absolute Gasteiger partial charge is 0.242 e. The van der Waals surface area contributed by atoms with Gasteiger partial charge in [0.25, 0.3) is 0 Å². The van der Waals surface area contributed by atoms with Gasteiger partial charge in [0.2, 0.25) is 0 Å². The molecule has 75 valence electrons. The molecule has 0 aromatic heterocycles. The Labute approximate surface area is 80.7 Å². The van der Waals surface area contributed by atoms with Crippen LogP contribution in [0.5, 0.6) is 0 Å². The Bertz CT molecular complexity index is 150. The van der Waals surface area contributed by atoms with Gasteiger partial charge in [-0.05, 0) is 12.8 Å². The lowest BCUT2D eigenvalue weighted by atomic mass is 10.1. The Kier molecular flexibility index (Phi) is 8.73. The molecule has 0 saturated carbocycles. The highest BCUT2D eigenvalue weighted by Gasteiger charge is 1.90. The first kappa shape index (κ1) is 12.2. The van der Waals surface area contributed by atoms with Crippen molar-refractivity contribution in [2.75, 3.05) is 0 Å². The van der Waals surface area contributed by atoms with Crippen LogP contribution in [-0.2, 0) is 9.90 Å². The molecule has 0 aliphatic heterocycles. The predicted octanol–water partition coefficient (Wildman–Crippen LogP) is 3.25. The lowest BCUT2D eigenvalue weighted by Crippen LogP contribution is -1.83. The Morgan fingerprint density at radius 1 is 1.08 bits per heavy atom. The number of rotatable bonds is 8. The van der Waals surface area contributed by atoms with Crippen molar-refractivity contribution in [3.05, 3.63) is 12.2 Å². The normalized spacial score (nSPS) is 10.8. The van der Waals surface area contributed by atoms with Crippen LogP contribution in [0.15, 0.2) is 12.2 Å². The monoisotopic (exact) mass is 183 g/mol. The fourth-order valence-corrected chi connectivity index (χ4v) is 1.22. The SMILES string of the molecule is CCCCCCCC/C=C/C([O])=O. The summed E-state index contributed by atoms with van der Waals surface area (Å²) in [4.78, 5) is 9.98. The lowest BCUT2D eigenvalue weighted by Gasteiger charge is -1.96. The van der Waals surface area contributed by atoms with Crippen LogP contribution >= 0.6 is 0 Å². The second-order valence-corrected chi connectivity index (χ2v) is 3.28. The van der Waals surface area contributed by atoms with E-state index in [1.807, 2.05) is 0 Å². The van der Waals surface area contributed by atoms with Crippen LogP contribution in [0.3, 0.4) is 0 Å². The number of allylic oxidation sites excluding steroid dienone is 1. The summed E-state index contributed by atoms with van der Waals surface area (Å²) in [6.45, 7) is 2.20. The van der Waals surface area contributed by atoms with Crippen LogP contribution in [-0.4, -0.2) is 5.97 Å². The van der Waals surface area contributed by atoms with E-state index in [9.17, 15) is 9.90 Å². The maximum Gasteiger partial charge on any atom is 0.378 e. The second kappa shape index (κ2) is 9.30. The topological polar surface area (TPSA) is 37.0 Å². The van der Waals surface area contributed by atoms with Crippen molar-refractivity contribution in [3.8, 4) is 0 Å². The van der Waals surface area contributed by atoms with Gasteiger partial charge in [-0.3, -0.25) is 0 Å². The summed E-state index contributed by atoms with van der Waals surface area (Å²) < 4.78 is 0. The molecule has 1 radical (unpaired) electrons. The molecule has 13 heavy (non-hydrogen) atoms. The minimum atomic E-state index is -1.09. The zero-order valence-corrected chi connectivity index (χ0v) is 8.42. The van der Waals surface area contributed by atoms with Crippen molar-refractivity contribution in [2.45, 2.75) is 51.9 Å². The van der Waals surface area contributed by atoms with Crippen LogP contribution in [0.2, 0.25) is 0 Å². The minimum Gasteiger partial charge on any atom is -0.242 e. The van der Waals surface area contributed by atoms with Crippen molar-refractivity contribution < 1.29 is 9.90 Å².